The third-order valence-electron chi connectivity index (χ3n) is 0. The van der Waals surface area contributed by atoms with E-state index >= 15 is 0 Å². The van der Waals surface area contributed by atoms with Gasteiger partial charge in [-0.25, -0.2) is 0 Å². The summed E-state index contributed by atoms with van der Waals surface area (Å²) in [5.74, 6) is 0. The monoisotopic (exact) mass is 122 g/mol. The van der Waals surface area contributed by atoms with Gasteiger partial charge in [0.25, 0.3) is 0 Å². The van der Waals surface area contributed by atoms with Crippen LogP contribution in [0, 0.1) is 0 Å². The number of hydrogen-bond acceptors (Lipinski definition) is 0. The van der Waals surface area contributed by atoms with E-state index in [4.69, 9.17) is 0 Å². The van der Waals surface area contributed by atoms with Gasteiger partial charge < -0.3 is 0 Å². The van der Waals surface area contributed by atoms with Crippen LogP contribution in [0.5, 0.6) is 0 Å². The van der Waals surface area contributed by atoms with Crippen LogP contribution in [-0.2, 0) is 0 Å². The zero-order chi connectivity index (χ0) is 0. The summed E-state index contributed by atoms with van der Waals surface area (Å²) in [7, 11) is 0. The fourth-order valence-electron chi connectivity index (χ4n) is 0. The molecule has 0 aliphatic carbocycles. The summed E-state index contributed by atoms with van der Waals surface area (Å²) < 4.78 is 0. The van der Waals surface area contributed by atoms with Crippen molar-refractivity contribution in [2.45, 2.75) is 0 Å². The van der Waals surface area contributed by atoms with E-state index in [0.29, 0.717) is 0 Å². The van der Waals surface area contributed by atoms with Crippen LogP contribution >= 0.6 is 12.4 Å². The van der Waals surface area contributed by atoms with Gasteiger partial charge in [-0.15, -0.1) is 12.4 Å². The average Bonchev–Trinajstić information content (AvgIpc) is 0. The Bertz CT molecular complexity index is 8.00. The molecule has 0 N–H and O–H groups in total. The van der Waals surface area contributed by atoms with Crippen LogP contribution < -0.4 is 0 Å². The van der Waals surface area contributed by atoms with Crippen molar-refractivity contribution in [1.29, 1.82) is 0 Å². The van der Waals surface area contributed by atoms with Gasteiger partial charge in [-0.3, -0.25) is 4.70 Å². The largest absolute Gasteiger partial charge is 0.316 e. The first kappa shape index (κ1) is 30.4. The fourth-order valence-corrected chi connectivity index (χ4v) is 0. The standard InChI is InChI=1S/ClH.FH.K.Mg.3H/h2*1H;;;;;. The first-order valence-electron chi connectivity index (χ1n) is 0. The van der Waals surface area contributed by atoms with Crippen LogP contribution in [0.3, 0.4) is 0 Å². The van der Waals surface area contributed by atoms with Gasteiger partial charge >= 0.3 is 74.4 Å². The normalized spacial score (nSPS) is 0. The van der Waals surface area contributed by atoms with Crippen molar-refractivity contribution < 1.29 is 4.70 Å². The molecule has 0 aliphatic rings. The van der Waals surface area contributed by atoms with E-state index in [1.165, 1.54) is 0 Å². The summed E-state index contributed by atoms with van der Waals surface area (Å²) in [5.41, 5.74) is 0. The Hall–Kier alpha value is 2.62. The number of halogens is 2. The maximum atomic E-state index is 0. The molecule has 0 unspecified atom stereocenters. The molecule has 0 aromatic rings. The summed E-state index contributed by atoms with van der Waals surface area (Å²) in [6.07, 6.45) is 0. The zero-order valence-electron chi connectivity index (χ0n) is 0.816. The molecule has 0 amide bonds. The van der Waals surface area contributed by atoms with Gasteiger partial charge in [-0.1, -0.05) is 0 Å². The van der Waals surface area contributed by atoms with Crippen LogP contribution in [0.2, 0.25) is 0 Å². The molecule has 0 saturated carbocycles. The van der Waals surface area contributed by atoms with Gasteiger partial charge in [0.2, 0.25) is 0 Å². The minimum Gasteiger partial charge on any atom is 0.316 e. The SMILES string of the molecule is Cl.F.[KH].[MgH2]. The van der Waals surface area contributed by atoms with E-state index in [2.05, 4.69) is 0 Å². The molecule has 0 bridgehead atoms. The molecule has 0 aromatic heterocycles. The first-order chi connectivity index (χ1) is 0. The summed E-state index contributed by atoms with van der Waals surface area (Å²) >= 11 is 0. The third-order valence-corrected chi connectivity index (χ3v) is 0. The van der Waals surface area contributed by atoms with Crippen LogP contribution in [0.1, 0.15) is 0 Å². The Morgan fingerprint density at radius 2 is 1.00 bits per heavy atom. The van der Waals surface area contributed by atoms with Crippen LogP contribution in [-0.4, -0.2) is 74.4 Å². The molecule has 0 radical (unpaired) electrons. The predicted octanol–water partition coefficient (Wildman–Crippen LogP) is -0.990. The number of hydrogen-bond donors (Lipinski definition) is 0. The van der Waals surface area contributed by atoms with E-state index in [0.717, 1.165) is 0 Å². The molecule has 4 heteroatoms. The van der Waals surface area contributed by atoms with Gasteiger partial charge in [-0.05, 0) is 0 Å². The maximum Gasteiger partial charge on any atom is 0.316 e. The van der Waals surface area contributed by atoms with Crippen molar-refractivity contribution in [3.05, 3.63) is 0 Å². The Labute approximate surface area is 89.4 Å². The smallest absolute Gasteiger partial charge is 0.316 e. The van der Waals surface area contributed by atoms with Gasteiger partial charge in [0.05, 0.1) is 0 Å². The van der Waals surface area contributed by atoms with Gasteiger partial charge in [0.15, 0.2) is 0 Å². The van der Waals surface area contributed by atoms with Crippen molar-refractivity contribution in [2.24, 2.45) is 0 Å². The fraction of sp³-hybridized carbons (Fsp3) is 0. The molecule has 0 nitrogen and oxygen atoms in total. The quantitative estimate of drug-likeness (QED) is 0.363. The zero-order valence-corrected chi connectivity index (χ0v) is 1.63. The summed E-state index contributed by atoms with van der Waals surface area (Å²) in [6, 6.07) is 0. The minimum atomic E-state index is 0. The topological polar surface area (TPSA) is 0 Å². The molecule has 0 fully saturated rings. The van der Waals surface area contributed by atoms with E-state index in [9.17, 15) is 0 Å². The van der Waals surface area contributed by atoms with Gasteiger partial charge in [-0.2, -0.15) is 0 Å². The minimum absolute atomic E-state index is 0. The average molecular weight is 123 g/mol. The van der Waals surface area contributed by atoms with Crippen molar-refractivity contribution in [3.8, 4) is 0 Å². The molecule has 0 spiro atoms. The maximum absolute atomic E-state index is 0. The molecular formula is H5ClFKMg. The van der Waals surface area contributed by atoms with Crippen molar-refractivity contribution in [2.75, 3.05) is 0 Å². The van der Waals surface area contributed by atoms with Crippen molar-refractivity contribution in [3.63, 3.8) is 0 Å². The summed E-state index contributed by atoms with van der Waals surface area (Å²) in [6.45, 7) is 0. The Morgan fingerprint density at radius 3 is 1.00 bits per heavy atom. The molecule has 4 heavy (non-hydrogen) atoms. The van der Waals surface area contributed by atoms with Gasteiger partial charge in [0.1, 0.15) is 0 Å². The first-order valence-corrected chi connectivity index (χ1v) is 0. The van der Waals surface area contributed by atoms with E-state index in [1.807, 2.05) is 0 Å². The molecule has 0 rings (SSSR count). The second-order valence-electron chi connectivity index (χ2n) is 0. The van der Waals surface area contributed by atoms with E-state index in [1.54, 1.807) is 0 Å². The molecule has 0 aromatic carbocycles. The molecule has 0 atom stereocenters. The van der Waals surface area contributed by atoms with Gasteiger partial charge in [0, 0.05) is 0 Å². The third kappa shape index (κ3) is 8.82. The second kappa shape index (κ2) is 17.5. The Kier molecular flexibility index (Phi) is 133. The molecule has 0 heterocycles. The van der Waals surface area contributed by atoms with E-state index < -0.39 is 0 Å². The summed E-state index contributed by atoms with van der Waals surface area (Å²) in [4.78, 5) is 0. The summed E-state index contributed by atoms with van der Waals surface area (Å²) in [5, 5.41) is 0. The van der Waals surface area contributed by atoms with Crippen LogP contribution in [0.4, 0.5) is 4.70 Å². The van der Waals surface area contributed by atoms with E-state index in [-0.39, 0.29) is 91.5 Å². The second-order valence-corrected chi connectivity index (χ2v) is 0. The molecule has 22 valence electrons. The molecule has 0 saturated heterocycles. The van der Waals surface area contributed by atoms with Crippen LogP contribution in [0.25, 0.3) is 0 Å². The van der Waals surface area contributed by atoms with Crippen LogP contribution in [0.15, 0.2) is 0 Å². The number of rotatable bonds is 0. The molecule has 0 aliphatic heterocycles. The van der Waals surface area contributed by atoms with Crippen molar-refractivity contribution >= 4 is 86.8 Å². The predicted molar refractivity (Wildman–Crippen MR) is 25.4 cm³/mol. The Balaban J connectivity index is 0. The molecular weight excluding hydrogens is 118 g/mol. The Morgan fingerprint density at radius 1 is 1.00 bits per heavy atom. The van der Waals surface area contributed by atoms with Crippen molar-refractivity contribution in [1.82, 2.24) is 0 Å².